The van der Waals surface area contributed by atoms with Crippen molar-refractivity contribution in [3.63, 3.8) is 0 Å². The first-order valence-corrected chi connectivity index (χ1v) is 9.51. The maximum atomic E-state index is 13.2. The van der Waals surface area contributed by atoms with Gasteiger partial charge < -0.3 is 0 Å². The first kappa shape index (κ1) is 15.8. The second kappa shape index (κ2) is 6.32. The van der Waals surface area contributed by atoms with Crippen LogP contribution in [0.25, 0.3) is 32.0 Å². The largest absolute Gasteiger partial charge is 0.280 e. The van der Waals surface area contributed by atoms with E-state index in [1.807, 2.05) is 54.1 Å². The van der Waals surface area contributed by atoms with Gasteiger partial charge in [0.15, 0.2) is 0 Å². The summed E-state index contributed by atoms with van der Waals surface area (Å²) in [5.41, 5.74) is 2.91. The molecule has 0 spiro atoms. The van der Waals surface area contributed by atoms with E-state index in [0.29, 0.717) is 11.2 Å². The van der Waals surface area contributed by atoms with Gasteiger partial charge in [0.05, 0.1) is 11.9 Å². The van der Waals surface area contributed by atoms with Crippen molar-refractivity contribution < 1.29 is 0 Å². The molecule has 0 bridgehead atoms. The lowest BCUT2D eigenvalue weighted by atomic mass is 10.1. The zero-order valence-corrected chi connectivity index (χ0v) is 15.2. The Bertz CT molecular complexity index is 1140. The van der Waals surface area contributed by atoms with Gasteiger partial charge in [0.2, 0.25) is 0 Å². The topological polar surface area (TPSA) is 34.9 Å². The second-order valence-corrected chi connectivity index (χ2v) is 7.51. The van der Waals surface area contributed by atoms with Crippen LogP contribution in [0.4, 0.5) is 0 Å². The molecule has 5 heteroatoms. The highest BCUT2D eigenvalue weighted by Gasteiger charge is 2.18. The Balaban J connectivity index is 2.02. The highest BCUT2D eigenvalue weighted by Crippen LogP contribution is 2.34. The molecule has 0 fully saturated rings. The minimum atomic E-state index is -0.0804. The number of aromatic nitrogens is 2. The maximum Gasteiger partial charge on any atom is 0.264 e. The van der Waals surface area contributed by atoms with Crippen LogP contribution in [-0.2, 0) is 6.54 Å². The summed E-state index contributed by atoms with van der Waals surface area (Å²) in [7, 11) is 0. The van der Waals surface area contributed by atoms with Gasteiger partial charge in [0.1, 0.15) is 10.7 Å². The second-order valence-electron chi connectivity index (χ2n) is 5.70. The fourth-order valence-corrected chi connectivity index (χ4v) is 4.55. The van der Waals surface area contributed by atoms with Crippen LogP contribution in [-0.4, -0.2) is 9.55 Å². The van der Waals surface area contributed by atoms with E-state index in [1.165, 1.54) is 11.3 Å². The van der Waals surface area contributed by atoms with Crippen molar-refractivity contribution in [1.29, 1.82) is 0 Å². The Morgan fingerprint density at radius 2 is 2.00 bits per heavy atom. The summed E-state index contributed by atoms with van der Waals surface area (Å²) in [6, 6.07) is 12.0. The molecule has 0 N–H and O–H groups in total. The van der Waals surface area contributed by atoms with Crippen LogP contribution in [0.2, 0.25) is 0 Å². The molecule has 3 aromatic heterocycles. The number of aryl methyl sites for hydroxylation is 1. The first-order valence-electron chi connectivity index (χ1n) is 7.75. The van der Waals surface area contributed by atoms with Gasteiger partial charge in [-0.1, -0.05) is 41.8 Å². The summed E-state index contributed by atoms with van der Waals surface area (Å²) in [6.07, 6.45) is 5.52. The molecule has 0 radical (unpaired) electrons. The summed E-state index contributed by atoms with van der Waals surface area (Å²) in [6.45, 7) is 2.23. The van der Waals surface area contributed by atoms with Crippen molar-refractivity contribution in [2.45, 2.75) is 13.5 Å². The minimum absolute atomic E-state index is 0.0804. The molecular weight excluding hydrogens is 348 g/mol. The smallest absolute Gasteiger partial charge is 0.264 e. The van der Waals surface area contributed by atoms with Gasteiger partial charge in [-0.3, -0.25) is 9.36 Å². The predicted molar refractivity (Wildman–Crippen MR) is 106 cm³/mol. The molecule has 0 aliphatic heterocycles. The number of rotatable bonds is 3. The molecule has 4 rings (SSSR count). The van der Waals surface area contributed by atoms with Crippen LogP contribution in [0.1, 0.15) is 5.56 Å². The lowest BCUT2D eigenvalue weighted by Gasteiger charge is -2.10. The zero-order valence-electron chi connectivity index (χ0n) is 13.5. The molecule has 3 heterocycles. The summed E-state index contributed by atoms with van der Waals surface area (Å²) >= 11 is 3.11. The average molecular weight is 362 g/mol. The van der Waals surface area contributed by atoms with E-state index < -0.39 is 0 Å². The van der Waals surface area contributed by atoms with Crippen LogP contribution >= 0.6 is 22.7 Å². The van der Waals surface area contributed by atoms with E-state index in [1.54, 1.807) is 15.9 Å². The maximum absolute atomic E-state index is 13.2. The SMILES string of the molecule is C#CCn1c(-c2ccc(C)cc2)nc2scc(-c3cccs3)c2c1=O. The lowest BCUT2D eigenvalue weighted by Crippen LogP contribution is -2.22. The van der Waals surface area contributed by atoms with Crippen molar-refractivity contribution in [2.24, 2.45) is 0 Å². The number of terminal acetylenes is 1. The van der Waals surface area contributed by atoms with Crippen molar-refractivity contribution in [1.82, 2.24) is 9.55 Å². The van der Waals surface area contributed by atoms with Gasteiger partial charge in [-0.15, -0.1) is 29.1 Å². The molecule has 0 saturated heterocycles. The fraction of sp³-hybridized carbons (Fsp3) is 0.100. The first-order chi connectivity index (χ1) is 12.2. The molecular formula is C20H14N2OS2. The number of thiophene rings is 2. The monoisotopic (exact) mass is 362 g/mol. The summed E-state index contributed by atoms with van der Waals surface area (Å²) in [4.78, 5) is 19.8. The molecule has 25 heavy (non-hydrogen) atoms. The van der Waals surface area contributed by atoms with Gasteiger partial charge in [-0.05, 0) is 18.4 Å². The van der Waals surface area contributed by atoms with Crippen LogP contribution in [0.3, 0.4) is 0 Å². The van der Waals surface area contributed by atoms with E-state index >= 15 is 0 Å². The van der Waals surface area contributed by atoms with Gasteiger partial charge in [-0.25, -0.2) is 4.98 Å². The van der Waals surface area contributed by atoms with Crippen LogP contribution in [0.15, 0.2) is 52.0 Å². The number of hydrogen-bond acceptors (Lipinski definition) is 4. The number of benzene rings is 1. The summed E-state index contributed by atoms with van der Waals surface area (Å²) in [5, 5.41) is 4.66. The van der Waals surface area contributed by atoms with E-state index in [2.05, 4.69) is 5.92 Å². The molecule has 0 saturated carbocycles. The summed E-state index contributed by atoms with van der Waals surface area (Å²) in [5.74, 6) is 3.21. The molecule has 0 amide bonds. The lowest BCUT2D eigenvalue weighted by molar-refractivity contribution is 0.796. The van der Waals surface area contributed by atoms with Crippen molar-refractivity contribution >= 4 is 32.9 Å². The summed E-state index contributed by atoms with van der Waals surface area (Å²) < 4.78 is 1.59. The third-order valence-electron chi connectivity index (χ3n) is 4.04. The Hall–Kier alpha value is -2.68. The Morgan fingerprint density at radius 3 is 2.68 bits per heavy atom. The molecule has 1 aromatic carbocycles. The van der Waals surface area contributed by atoms with Crippen LogP contribution in [0, 0.1) is 19.3 Å². The normalized spacial score (nSPS) is 10.9. The Kier molecular flexibility index (Phi) is 4.00. The van der Waals surface area contributed by atoms with Gasteiger partial charge >= 0.3 is 0 Å². The van der Waals surface area contributed by atoms with E-state index in [9.17, 15) is 4.79 Å². The minimum Gasteiger partial charge on any atom is -0.280 e. The number of fused-ring (bicyclic) bond motifs is 1. The number of hydrogen-bond donors (Lipinski definition) is 0. The van der Waals surface area contributed by atoms with Crippen LogP contribution < -0.4 is 5.56 Å². The third-order valence-corrected chi connectivity index (χ3v) is 5.81. The quantitative estimate of drug-likeness (QED) is 0.491. The molecule has 0 aliphatic rings. The van der Waals surface area contributed by atoms with Crippen molar-refractivity contribution in [2.75, 3.05) is 0 Å². The van der Waals surface area contributed by atoms with Gasteiger partial charge in [-0.2, -0.15) is 0 Å². The van der Waals surface area contributed by atoms with E-state index in [-0.39, 0.29) is 12.1 Å². The molecule has 0 atom stereocenters. The number of nitrogens with zero attached hydrogens (tertiary/aromatic N) is 2. The van der Waals surface area contributed by atoms with Gasteiger partial charge in [0, 0.05) is 21.4 Å². The van der Waals surface area contributed by atoms with E-state index in [4.69, 9.17) is 11.4 Å². The van der Waals surface area contributed by atoms with E-state index in [0.717, 1.165) is 26.4 Å². The standard InChI is InChI=1S/C20H14N2OS2/c1-3-10-22-18(14-8-6-13(2)7-9-14)21-19-17(20(22)23)15(12-25-19)16-5-4-11-24-16/h1,4-9,11-12H,10H2,2H3. The Morgan fingerprint density at radius 1 is 1.20 bits per heavy atom. The van der Waals surface area contributed by atoms with Gasteiger partial charge in [0.25, 0.3) is 5.56 Å². The van der Waals surface area contributed by atoms with Crippen molar-refractivity contribution in [3.05, 3.63) is 63.1 Å². The predicted octanol–water partition coefficient (Wildman–Crippen LogP) is 4.80. The Labute approximate surface area is 153 Å². The molecule has 0 unspecified atom stereocenters. The molecule has 0 aliphatic carbocycles. The fourth-order valence-electron chi connectivity index (χ4n) is 2.80. The van der Waals surface area contributed by atoms with Crippen LogP contribution in [0.5, 0.6) is 0 Å². The molecule has 3 nitrogen and oxygen atoms in total. The van der Waals surface area contributed by atoms with Crippen molar-refractivity contribution in [3.8, 4) is 34.2 Å². The third kappa shape index (κ3) is 2.70. The zero-order chi connectivity index (χ0) is 17.4. The highest BCUT2D eigenvalue weighted by molar-refractivity contribution is 7.18. The average Bonchev–Trinajstić information content (AvgIpc) is 3.27. The molecule has 4 aromatic rings. The molecule has 122 valence electrons. The highest BCUT2D eigenvalue weighted by atomic mass is 32.1.